The SMILES string of the molecule is O=C(O)[C@@H]1CC(O)CN1C(=O)c1ccno1. The van der Waals surface area contributed by atoms with Crippen LogP contribution in [0.4, 0.5) is 0 Å². The van der Waals surface area contributed by atoms with Crippen LogP contribution in [0.5, 0.6) is 0 Å². The molecule has 0 spiro atoms. The molecule has 2 rings (SSSR count). The van der Waals surface area contributed by atoms with Crippen molar-refractivity contribution in [2.24, 2.45) is 0 Å². The van der Waals surface area contributed by atoms with Gasteiger partial charge in [0.25, 0.3) is 5.91 Å². The summed E-state index contributed by atoms with van der Waals surface area (Å²) in [6.07, 6.45) is 0.526. The molecule has 0 radical (unpaired) electrons. The van der Waals surface area contributed by atoms with Crippen LogP contribution < -0.4 is 0 Å². The van der Waals surface area contributed by atoms with Crippen LogP contribution in [0, 0.1) is 0 Å². The monoisotopic (exact) mass is 226 g/mol. The van der Waals surface area contributed by atoms with E-state index in [9.17, 15) is 14.7 Å². The van der Waals surface area contributed by atoms with E-state index in [-0.39, 0.29) is 18.7 Å². The minimum absolute atomic E-state index is 0.00347. The summed E-state index contributed by atoms with van der Waals surface area (Å²) < 4.78 is 4.66. The summed E-state index contributed by atoms with van der Waals surface area (Å²) in [5, 5.41) is 21.6. The van der Waals surface area contributed by atoms with Crippen molar-refractivity contribution in [3.05, 3.63) is 18.0 Å². The number of nitrogens with zero attached hydrogens (tertiary/aromatic N) is 2. The number of hydrogen-bond acceptors (Lipinski definition) is 5. The number of aliphatic carboxylic acids is 1. The normalized spacial score (nSPS) is 24.7. The minimum Gasteiger partial charge on any atom is -0.480 e. The van der Waals surface area contributed by atoms with Crippen molar-refractivity contribution in [3.63, 3.8) is 0 Å². The van der Waals surface area contributed by atoms with Gasteiger partial charge in [-0.3, -0.25) is 4.79 Å². The van der Waals surface area contributed by atoms with Crippen molar-refractivity contribution < 1.29 is 24.3 Å². The zero-order valence-corrected chi connectivity index (χ0v) is 8.24. The highest BCUT2D eigenvalue weighted by atomic mass is 16.5. The summed E-state index contributed by atoms with van der Waals surface area (Å²) in [4.78, 5) is 23.7. The van der Waals surface area contributed by atoms with Gasteiger partial charge in [0.15, 0.2) is 0 Å². The minimum atomic E-state index is -1.13. The fourth-order valence-corrected chi connectivity index (χ4v) is 1.74. The van der Waals surface area contributed by atoms with Gasteiger partial charge in [0.2, 0.25) is 5.76 Å². The summed E-state index contributed by atoms with van der Waals surface area (Å²) in [5.74, 6) is -1.73. The van der Waals surface area contributed by atoms with Gasteiger partial charge >= 0.3 is 5.97 Å². The lowest BCUT2D eigenvalue weighted by Gasteiger charge is -2.19. The number of carboxylic acid groups (broad SMARTS) is 1. The first-order valence-corrected chi connectivity index (χ1v) is 4.72. The second-order valence-electron chi connectivity index (χ2n) is 3.58. The van der Waals surface area contributed by atoms with Gasteiger partial charge in [0.05, 0.1) is 12.3 Å². The molecule has 1 aromatic heterocycles. The number of carboxylic acids is 1. The lowest BCUT2D eigenvalue weighted by molar-refractivity contribution is -0.141. The molecule has 0 aliphatic carbocycles. The molecule has 86 valence electrons. The van der Waals surface area contributed by atoms with E-state index in [1.807, 2.05) is 0 Å². The van der Waals surface area contributed by atoms with Crippen LogP contribution in [0.2, 0.25) is 0 Å². The van der Waals surface area contributed by atoms with E-state index in [1.165, 1.54) is 12.3 Å². The number of aliphatic hydroxyl groups excluding tert-OH is 1. The van der Waals surface area contributed by atoms with Crippen LogP contribution in [0.3, 0.4) is 0 Å². The van der Waals surface area contributed by atoms with E-state index in [0.29, 0.717) is 0 Å². The molecule has 2 N–H and O–H groups in total. The summed E-state index contributed by atoms with van der Waals surface area (Å²) in [6.45, 7) is -0.00347. The average molecular weight is 226 g/mol. The van der Waals surface area contributed by atoms with E-state index in [0.717, 1.165) is 4.90 Å². The molecule has 7 heteroatoms. The Morgan fingerprint density at radius 3 is 2.88 bits per heavy atom. The molecule has 1 fully saturated rings. The summed E-state index contributed by atoms with van der Waals surface area (Å²) in [6, 6.07) is 0.346. The molecule has 1 amide bonds. The lowest BCUT2D eigenvalue weighted by Crippen LogP contribution is -2.40. The van der Waals surface area contributed by atoms with Crippen LogP contribution in [-0.4, -0.2) is 50.8 Å². The van der Waals surface area contributed by atoms with Crippen LogP contribution in [0.1, 0.15) is 17.0 Å². The van der Waals surface area contributed by atoms with E-state index in [1.54, 1.807) is 0 Å². The Morgan fingerprint density at radius 1 is 1.56 bits per heavy atom. The van der Waals surface area contributed by atoms with E-state index in [4.69, 9.17) is 5.11 Å². The maximum absolute atomic E-state index is 11.8. The molecular formula is C9H10N2O5. The Labute approximate surface area is 90.3 Å². The molecular weight excluding hydrogens is 216 g/mol. The van der Waals surface area contributed by atoms with Gasteiger partial charge in [-0.05, 0) is 0 Å². The quantitative estimate of drug-likeness (QED) is 0.693. The van der Waals surface area contributed by atoms with Crippen molar-refractivity contribution >= 4 is 11.9 Å². The number of likely N-dealkylation sites (tertiary alicyclic amines) is 1. The highest BCUT2D eigenvalue weighted by Crippen LogP contribution is 2.20. The molecule has 0 bridgehead atoms. The Kier molecular flexibility index (Phi) is 2.61. The third kappa shape index (κ3) is 1.76. The zero-order chi connectivity index (χ0) is 11.7. The molecule has 0 saturated carbocycles. The summed E-state index contributed by atoms with van der Waals surface area (Å²) >= 11 is 0. The van der Waals surface area contributed by atoms with Crippen molar-refractivity contribution in [1.82, 2.24) is 10.1 Å². The van der Waals surface area contributed by atoms with Crippen molar-refractivity contribution in [3.8, 4) is 0 Å². The predicted molar refractivity (Wildman–Crippen MR) is 49.6 cm³/mol. The van der Waals surface area contributed by atoms with Gasteiger partial charge in [-0.1, -0.05) is 5.16 Å². The standard InChI is InChI=1S/C9H10N2O5/c12-5-3-6(9(14)15)11(4-5)8(13)7-1-2-10-16-7/h1-2,5-6,12H,3-4H2,(H,14,15)/t5?,6-/m0/s1. The van der Waals surface area contributed by atoms with E-state index >= 15 is 0 Å². The molecule has 0 aromatic carbocycles. The number of rotatable bonds is 2. The molecule has 7 nitrogen and oxygen atoms in total. The van der Waals surface area contributed by atoms with E-state index in [2.05, 4.69) is 9.68 Å². The van der Waals surface area contributed by atoms with Crippen molar-refractivity contribution in [1.29, 1.82) is 0 Å². The molecule has 16 heavy (non-hydrogen) atoms. The van der Waals surface area contributed by atoms with Gasteiger partial charge in [0, 0.05) is 19.0 Å². The molecule has 2 heterocycles. The zero-order valence-electron chi connectivity index (χ0n) is 8.24. The molecule has 1 aliphatic rings. The number of aliphatic hydroxyl groups is 1. The predicted octanol–water partition coefficient (Wildman–Crippen LogP) is -0.665. The van der Waals surface area contributed by atoms with Gasteiger partial charge in [0.1, 0.15) is 6.04 Å². The summed E-state index contributed by atoms with van der Waals surface area (Å²) in [7, 11) is 0. The van der Waals surface area contributed by atoms with Crippen LogP contribution in [0.15, 0.2) is 16.8 Å². The molecule has 1 unspecified atom stereocenters. The molecule has 2 atom stereocenters. The molecule has 1 saturated heterocycles. The average Bonchev–Trinajstić information content (AvgIpc) is 2.84. The second kappa shape index (κ2) is 3.93. The fourth-order valence-electron chi connectivity index (χ4n) is 1.74. The third-order valence-electron chi connectivity index (χ3n) is 2.47. The number of carbonyl (C=O) groups is 2. The molecule has 1 aromatic rings. The number of aromatic nitrogens is 1. The van der Waals surface area contributed by atoms with E-state index < -0.39 is 24.0 Å². The van der Waals surface area contributed by atoms with Crippen LogP contribution >= 0.6 is 0 Å². The Bertz CT molecular complexity index is 402. The van der Waals surface area contributed by atoms with Gasteiger partial charge < -0.3 is 19.6 Å². The van der Waals surface area contributed by atoms with Crippen LogP contribution in [0.25, 0.3) is 0 Å². The number of hydrogen-bond donors (Lipinski definition) is 2. The highest BCUT2D eigenvalue weighted by molar-refractivity contribution is 5.94. The number of amides is 1. The summed E-state index contributed by atoms with van der Waals surface area (Å²) in [5.41, 5.74) is 0. The molecule has 1 aliphatic heterocycles. The first-order valence-electron chi connectivity index (χ1n) is 4.72. The second-order valence-corrected chi connectivity index (χ2v) is 3.58. The van der Waals surface area contributed by atoms with Crippen molar-refractivity contribution in [2.45, 2.75) is 18.6 Å². The maximum Gasteiger partial charge on any atom is 0.326 e. The van der Waals surface area contributed by atoms with Gasteiger partial charge in [-0.2, -0.15) is 0 Å². The van der Waals surface area contributed by atoms with Crippen molar-refractivity contribution in [2.75, 3.05) is 6.54 Å². The number of β-amino-alcohol motifs (C(OH)–C–C–N with tert-alkyl or cyclic N) is 1. The fraction of sp³-hybridized carbons (Fsp3) is 0.444. The number of carbonyl (C=O) groups excluding carboxylic acids is 1. The lowest BCUT2D eigenvalue weighted by atomic mass is 10.2. The maximum atomic E-state index is 11.8. The Balaban J connectivity index is 2.20. The smallest absolute Gasteiger partial charge is 0.326 e. The Hall–Kier alpha value is -1.89. The largest absolute Gasteiger partial charge is 0.480 e. The van der Waals surface area contributed by atoms with Gasteiger partial charge in [-0.15, -0.1) is 0 Å². The van der Waals surface area contributed by atoms with Crippen LogP contribution in [-0.2, 0) is 4.79 Å². The van der Waals surface area contributed by atoms with Gasteiger partial charge in [-0.25, -0.2) is 4.79 Å². The first kappa shape index (κ1) is 10.6. The third-order valence-corrected chi connectivity index (χ3v) is 2.47. The first-order chi connectivity index (χ1) is 7.59. The highest BCUT2D eigenvalue weighted by Gasteiger charge is 2.40. The topological polar surface area (TPSA) is 104 Å². The Morgan fingerprint density at radius 2 is 2.31 bits per heavy atom.